The fourth-order valence-electron chi connectivity index (χ4n) is 3.14. The summed E-state index contributed by atoms with van der Waals surface area (Å²) in [5, 5.41) is 8.89. The topological polar surface area (TPSA) is 45.6 Å². The zero-order chi connectivity index (χ0) is 27.1. The van der Waals surface area contributed by atoms with Crippen molar-refractivity contribution in [3.63, 3.8) is 0 Å². The van der Waals surface area contributed by atoms with E-state index < -0.39 is 0 Å². The van der Waals surface area contributed by atoms with Crippen molar-refractivity contribution in [2.45, 2.75) is 99.8 Å². The first-order chi connectivity index (χ1) is 16.7. The van der Waals surface area contributed by atoms with Gasteiger partial charge in [0.05, 0.1) is 7.11 Å². The Morgan fingerprint density at radius 2 is 1.54 bits per heavy atom. The van der Waals surface area contributed by atoms with Gasteiger partial charge in [0, 0.05) is 26.0 Å². The highest BCUT2D eigenvalue weighted by atomic mass is 16.5. The highest BCUT2D eigenvalue weighted by Gasteiger charge is 2.13. The van der Waals surface area contributed by atoms with Gasteiger partial charge in [0.25, 0.3) is 0 Å². The molecule has 1 aromatic heterocycles. The van der Waals surface area contributed by atoms with E-state index in [0.717, 1.165) is 34.8 Å². The Labute approximate surface area is 218 Å². The van der Waals surface area contributed by atoms with Crippen LogP contribution in [0.1, 0.15) is 96.9 Å². The number of rotatable bonds is 7. The summed E-state index contributed by atoms with van der Waals surface area (Å²) in [4.78, 5) is 4.20. The molecule has 1 aromatic carbocycles. The second-order valence-electron chi connectivity index (χ2n) is 9.18. The molecule has 1 aliphatic carbocycles. The number of ether oxygens (including phenoxy) is 1. The number of pyridine rings is 1. The van der Waals surface area contributed by atoms with Crippen LogP contribution in [0.25, 0.3) is 0 Å². The maximum Gasteiger partial charge on any atom is 0.118 e. The Hall–Kier alpha value is -1.91. The van der Waals surface area contributed by atoms with Crippen LogP contribution in [0.4, 0.5) is 0 Å². The summed E-state index contributed by atoms with van der Waals surface area (Å²) in [6.45, 7) is 15.0. The fraction of sp³-hybridized carbons (Fsp3) is 0.645. The summed E-state index contributed by atoms with van der Waals surface area (Å²) >= 11 is 0. The zero-order valence-electron chi connectivity index (χ0n) is 24.6. The van der Waals surface area contributed by atoms with Crippen LogP contribution in [-0.2, 0) is 12.8 Å². The van der Waals surface area contributed by atoms with E-state index in [4.69, 9.17) is 9.94 Å². The molecule has 0 bridgehead atoms. The molecule has 4 heteroatoms. The monoisotopic (exact) mass is 488 g/mol. The Bertz CT molecular complexity index is 675. The van der Waals surface area contributed by atoms with Gasteiger partial charge in [-0.15, -0.1) is 0 Å². The largest absolute Gasteiger partial charge is 0.497 e. The molecule has 202 valence electrons. The highest BCUT2D eigenvalue weighted by Crippen LogP contribution is 2.28. The van der Waals surface area contributed by atoms with E-state index >= 15 is 0 Å². The summed E-state index contributed by atoms with van der Waals surface area (Å²) in [6, 6.07) is 12.5. The quantitative estimate of drug-likeness (QED) is 0.396. The van der Waals surface area contributed by atoms with Crippen molar-refractivity contribution in [1.82, 2.24) is 10.0 Å². The molecule has 4 nitrogen and oxygen atoms in total. The van der Waals surface area contributed by atoms with Crippen LogP contribution in [0.15, 0.2) is 42.6 Å². The average molecular weight is 489 g/mol. The molecule has 1 fully saturated rings. The van der Waals surface area contributed by atoms with Crippen LogP contribution in [0, 0.1) is 18.8 Å². The third-order valence-electron chi connectivity index (χ3n) is 5.75. The molecule has 35 heavy (non-hydrogen) atoms. The lowest BCUT2D eigenvalue weighted by Gasteiger charge is -2.22. The summed E-state index contributed by atoms with van der Waals surface area (Å²) < 4.78 is 5.10. The molecule has 1 unspecified atom stereocenters. The molecule has 0 aliphatic heterocycles. The molecule has 1 heterocycles. The average Bonchev–Trinajstić information content (AvgIpc) is 2.82. The van der Waals surface area contributed by atoms with Gasteiger partial charge in [-0.3, -0.25) is 4.98 Å². The van der Waals surface area contributed by atoms with Crippen LogP contribution < -0.4 is 4.74 Å². The van der Waals surface area contributed by atoms with E-state index in [2.05, 4.69) is 56.9 Å². The van der Waals surface area contributed by atoms with Gasteiger partial charge in [0.1, 0.15) is 5.75 Å². The van der Waals surface area contributed by atoms with Gasteiger partial charge in [-0.2, -0.15) is 5.06 Å². The fourth-order valence-corrected chi connectivity index (χ4v) is 3.14. The first-order valence-corrected chi connectivity index (χ1v) is 13.7. The second kappa shape index (κ2) is 23.8. The summed E-state index contributed by atoms with van der Waals surface area (Å²) in [6.07, 6.45) is 12.6. The van der Waals surface area contributed by atoms with E-state index in [-0.39, 0.29) is 0 Å². The van der Waals surface area contributed by atoms with Crippen LogP contribution in [0.2, 0.25) is 0 Å². The maximum atomic E-state index is 7.89. The standard InChI is InChI=1S/C12H18O.C9H13N.C6H12.C2H7NO.C2H6/c1-4-10(2)9-11-5-7-12(13-3)8-6-11;1-3-4-9-6-5-8(2)10-7-9;1-2-6-4-3-5-6;1-3(2)4;1-2/h5-8,10H,4,9H2,1-3H3;5-7H,3-4H2,1-2H3;6H,2-5H2,1H3;4H,1-2H3;1-2H3. The predicted molar refractivity (Wildman–Crippen MR) is 154 cm³/mol. The number of methoxy groups -OCH3 is 1. The van der Waals surface area contributed by atoms with Gasteiger partial charge in [-0.05, 0) is 60.9 Å². The van der Waals surface area contributed by atoms with Gasteiger partial charge < -0.3 is 9.94 Å². The number of hydroxylamine groups is 2. The summed E-state index contributed by atoms with van der Waals surface area (Å²) in [7, 11) is 4.81. The van der Waals surface area contributed by atoms with Gasteiger partial charge in [-0.1, -0.05) is 98.3 Å². The number of hydrogen-bond donors (Lipinski definition) is 1. The highest BCUT2D eigenvalue weighted by molar-refractivity contribution is 5.27. The molecule has 0 radical (unpaired) electrons. The van der Waals surface area contributed by atoms with Crippen molar-refractivity contribution in [2.75, 3.05) is 21.2 Å². The molecule has 1 N–H and O–H groups in total. The van der Waals surface area contributed by atoms with E-state index in [9.17, 15) is 0 Å². The molecule has 1 aliphatic rings. The Morgan fingerprint density at radius 3 is 1.86 bits per heavy atom. The van der Waals surface area contributed by atoms with Crippen molar-refractivity contribution in [3.8, 4) is 5.75 Å². The van der Waals surface area contributed by atoms with Gasteiger partial charge in [0.15, 0.2) is 0 Å². The molecular formula is C31H56N2O2. The molecule has 1 atom stereocenters. The number of hydrogen-bond acceptors (Lipinski definition) is 4. The molecule has 2 aromatic rings. The third-order valence-corrected chi connectivity index (χ3v) is 5.75. The summed E-state index contributed by atoms with van der Waals surface area (Å²) in [5.41, 5.74) is 3.84. The lowest BCUT2D eigenvalue weighted by molar-refractivity contribution is -0.0372. The van der Waals surface area contributed by atoms with E-state index in [0.29, 0.717) is 0 Å². The minimum atomic E-state index is 0.772. The van der Waals surface area contributed by atoms with Gasteiger partial charge in [0.2, 0.25) is 0 Å². The zero-order valence-corrected chi connectivity index (χ0v) is 24.6. The van der Waals surface area contributed by atoms with Crippen molar-refractivity contribution in [2.24, 2.45) is 11.8 Å². The Morgan fingerprint density at radius 1 is 1.00 bits per heavy atom. The Balaban J connectivity index is 0. The van der Waals surface area contributed by atoms with Gasteiger partial charge in [-0.25, -0.2) is 0 Å². The first kappa shape index (κ1) is 35.3. The normalized spacial score (nSPS) is 12.7. The number of benzene rings is 1. The third kappa shape index (κ3) is 21.1. The molecule has 0 saturated heterocycles. The number of nitrogens with zero attached hydrogens (tertiary/aromatic N) is 2. The van der Waals surface area contributed by atoms with Crippen LogP contribution in [0.3, 0.4) is 0 Å². The number of aryl methyl sites for hydroxylation is 2. The molecule has 3 rings (SSSR count). The minimum absolute atomic E-state index is 0.772. The Kier molecular flexibility index (Phi) is 24.0. The minimum Gasteiger partial charge on any atom is -0.497 e. The predicted octanol–water partition coefficient (Wildman–Crippen LogP) is 8.79. The SMILES string of the molecule is CC.CCC(C)Cc1ccc(OC)cc1.CCC1CCC1.CCCc1ccc(C)nc1.CN(C)O. The lowest BCUT2D eigenvalue weighted by atomic mass is 9.84. The van der Waals surface area contributed by atoms with Gasteiger partial charge >= 0.3 is 0 Å². The first-order valence-electron chi connectivity index (χ1n) is 13.7. The summed E-state index contributed by atoms with van der Waals surface area (Å²) in [5.74, 6) is 2.83. The van der Waals surface area contributed by atoms with E-state index in [1.807, 2.05) is 39.1 Å². The van der Waals surface area contributed by atoms with Crippen LogP contribution in [-0.4, -0.2) is 36.5 Å². The van der Waals surface area contributed by atoms with Crippen LogP contribution in [0.5, 0.6) is 5.75 Å². The molecular weight excluding hydrogens is 432 g/mol. The smallest absolute Gasteiger partial charge is 0.118 e. The van der Waals surface area contributed by atoms with Crippen molar-refractivity contribution in [3.05, 3.63) is 59.4 Å². The number of aromatic nitrogens is 1. The second-order valence-corrected chi connectivity index (χ2v) is 9.18. The van der Waals surface area contributed by atoms with Crippen LogP contribution >= 0.6 is 0 Å². The molecule has 0 amide bonds. The van der Waals surface area contributed by atoms with E-state index in [1.165, 1.54) is 56.1 Å². The molecule has 1 saturated carbocycles. The van der Waals surface area contributed by atoms with E-state index in [1.54, 1.807) is 21.2 Å². The lowest BCUT2D eigenvalue weighted by Crippen LogP contribution is -2.08. The maximum absolute atomic E-state index is 7.89. The van der Waals surface area contributed by atoms with Crippen molar-refractivity contribution >= 4 is 0 Å². The van der Waals surface area contributed by atoms with Crippen molar-refractivity contribution < 1.29 is 9.94 Å². The van der Waals surface area contributed by atoms with Crippen molar-refractivity contribution in [1.29, 1.82) is 0 Å². The molecule has 0 spiro atoms.